The molecule has 0 fully saturated rings. The number of hydrogen-bond acceptors (Lipinski definition) is 4. The molecule has 0 spiro atoms. The molecule has 0 atom stereocenters. The monoisotopic (exact) mass is 267 g/mol. The van der Waals surface area contributed by atoms with Crippen LogP contribution in [0.25, 0.3) is 16.9 Å². The third-order valence-electron chi connectivity index (χ3n) is 3.28. The second-order valence-corrected chi connectivity index (χ2v) is 4.86. The number of rotatable bonds is 4. The Morgan fingerprint density at radius 2 is 1.85 bits per heavy atom. The molecule has 0 amide bonds. The molecular formula is C15H17N5. The molecule has 0 aliphatic heterocycles. The van der Waals surface area contributed by atoms with Crippen LogP contribution < -0.4 is 5.73 Å². The van der Waals surface area contributed by atoms with Crippen molar-refractivity contribution < 1.29 is 0 Å². The summed E-state index contributed by atoms with van der Waals surface area (Å²) in [6.07, 6.45) is 1.68. The number of nitrogens with zero attached hydrogens (tertiary/aromatic N) is 4. The van der Waals surface area contributed by atoms with E-state index in [0.717, 1.165) is 35.6 Å². The standard InChI is InChI=1S/C15H17N5/c1-11-4-6-12(7-5-11)13-8-9-15-18-17-14(3-2-10-16)20(15)19-13/h4-9H,2-3,10,16H2,1H3. The first kappa shape index (κ1) is 12.7. The van der Waals surface area contributed by atoms with Crippen molar-refractivity contribution in [1.29, 1.82) is 0 Å². The third-order valence-corrected chi connectivity index (χ3v) is 3.28. The van der Waals surface area contributed by atoms with Gasteiger partial charge < -0.3 is 5.73 Å². The minimum absolute atomic E-state index is 0.645. The third kappa shape index (κ3) is 2.40. The molecule has 0 unspecified atom stereocenters. The Labute approximate surface area is 117 Å². The maximum Gasteiger partial charge on any atom is 0.177 e. The Morgan fingerprint density at radius 1 is 1.05 bits per heavy atom. The first-order chi connectivity index (χ1) is 9.78. The minimum Gasteiger partial charge on any atom is -0.330 e. The van der Waals surface area contributed by atoms with Crippen molar-refractivity contribution >= 4 is 5.65 Å². The van der Waals surface area contributed by atoms with Crippen LogP contribution in [0.1, 0.15) is 17.8 Å². The lowest BCUT2D eigenvalue weighted by molar-refractivity contribution is 0.740. The highest BCUT2D eigenvalue weighted by atomic mass is 15.4. The Bertz CT molecular complexity index is 715. The second-order valence-electron chi connectivity index (χ2n) is 4.86. The summed E-state index contributed by atoms with van der Waals surface area (Å²) in [5.74, 6) is 0.861. The van der Waals surface area contributed by atoms with E-state index in [0.29, 0.717) is 6.54 Å². The minimum atomic E-state index is 0.645. The largest absolute Gasteiger partial charge is 0.330 e. The van der Waals surface area contributed by atoms with Gasteiger partial charge in [-0.15, -0.1) is 10.2 Å². The zero-order valence-electron chi connectivity index (χ0n) is 11.5. The molecule has 0 saturated carbocycles. The first-order valence-corrected chi connectivity index (χ1v) is 6.76. The van der Waals surface area contributed by atoms with E-state index in [4.69, 9.17) is 5.73 Å². The summed E-state index contributed by atoms with van der Waals surface area (Å²) in [6, 6.07) is 12.2. The lowest BCUT2D eigenvalue weighted by Crippen LogP contribution is -2.05. The number of nitrogens with two attached hydrogens (primary N) is 1. The Kier molecular flexibility index (Phi) is 3.43. The maximum atomic E-state index is 5.55. The summed E-state index contributed by atoms with van der Waals surface area (Å²) in [5.41, 5.74) is 9.57. The molecule has 0 bridgehead atoms. The quantitative estimate of drug-likeness (QED) is 0.785. The molecule has 0 saturated heterocycles. The summed E-state index contributed by atoms with van der Waals surface area (Å²) in [7, 11) is 0. The van der Waals surface area contributed by atoms with Crippen molar-refractivity contribution in [2.45, 2.75) is 19.8 Å². The summed E-state index contributed by atoms with van der Waals surface area (Å²) < 4.78 is 1.81. The van der Waals surface area contributed by atoms with Gasteiger partial charge in [0.05, 0.1) is 5.69 Å². The van der Waals surface area contributed by atoms with E-state index in [1.54, 1.807) is 0 Å². The predicted molar refractivity (Wildman–Crippen MR) is 78.3 cm³/mol. The highest BCUT2D eigenvalue weighted by molar-refractivity contribution is 5.60. The molecule has 3 aromatic rings. The van der Waals surface area contributed by atoms with Gasteiger partial charge in [0.15, 0.2) is 11.5 Å². The Balaban J connectivity index is 2.02. The normalized spacial score (nSPS) is 11.1. The maximum absolute atomic E-state index is 5.55. The van der Waals surface area contributed by atoms with Crippen LogP contribution in [0, 0.1) is 6.92 Å². The van der Waals surface area contributed by atoms with Crippen LogP contribution in [0.3, 0.4) is 0 Å². The van der Waals surface area contributed by atoms with Gasteiger partial charge in [-0.1, -0.05) is 29.8 Å². The van der Waals surface area contributed by atoms with Crippen LogP contribution >= 0.6 is 0 Å². The van der Waals surface area contributed by atoms with Gasteiger partial charge in [-0.3, -0.25) is 0 Å². The molecule has 102 valence electrons. The van der Waals surface area contributed by atoms with Gasteiger partial charge in [-0.05, 0) is 32.0 Å². The summed E-state index contributed by atoms with van der Waals surface area (Å²) >= 11 is 0. The van der Waals surface area contributed by atoms with E-state index in [1.165, 1.54) is 5.56 Å². The van der Waals surface area contributed by atoms with Gasteiger partial charge in [-0.25, -0.2) is 0 Å². The molecule has 2 N–H and O–H groups in total. The van der Waals surface area contributed by atoms with Crippen molar-refractivity contribution in [2.24, 2.45) is 5.73 Å². The SMILES string of the molecule is Cc1ccc(-c2ccc3nnc(CCCN)n3n2)cc1. The number of hydrogen-bond donors (Lipinski definition) is 1. The number of aromatic nitrogens is 4. The van der Waals surface area contributed by atoms with Crippen molar-refractivity contribution in [1.82, 2.24) is 19.8 Å². The molecule has 5 nitrogen and oxygen atoms in total. The molecule has 2 aromatic heterocycles. The highest BCUT2D eigenvalue weighted by Crippen LogP contribution is 2.18. The zero-order valence-corrected chi connectivity index (χ0v) is 11.5. The molecule has 20 heavy (non-hydrogen) atoms. The second kappa shape index (κ2) is 5.38. The summed E-state index contributed by atoms with van der Waals surface area (Å²) in [6.45, 7) is 2.72. The van der Waals surface area contributed by atoms with E-state index in [-0.39, 0.29) is 0 Å². The van der Waals surface area contributed by atoms with Gasteiger partial charge in [0.2, 0.25) is 0 Å². The van der Waals surface area contributed by atoms with E-state index < -0.39 is 0 Å². The number of fused-ring (bicyclic) bond motifs is 1. The Morgan fingerprint density at radius 3 is 2.60 bits per heavy atom. The van der Waals surface area contributed by atoms with Crippen molar-refractivity contribution in [2.75, 3.05) is 6.54 Å². The number of aryl methyl sites for hydroxylation is 2. The van der Waals surface area contributed by atoms with E-state index in [9.17, 15) is 0 Å². The van der Waals surface area contributed by atoms with E-state index in [2.05, 4.69) is 46.5 Å². The lowest BCUT2D eigenvalue weighted by Gasteiger charge is -2.03. The van der Waals surface area contributed by atoms with Crippen LogP contribution in [-0.2, 0) is 6.42 Å². The fourth-order valence-electron chi connectivity index (χ4n) is 2.13. The van der Waals surface area contributed by atoms with Crippen molar-refractivity contribution in [3.63, 3.8) is 0 Å². The molecule has 0 radical (unpaired) electrons. The van der Waals surface area contributed by atoms with Gasteiger partial charge in [0, 0.05) is 12.0 Å². The highest BCUT2D eigenvalue weighted by Gasteiger charge is 2.08. The van der Waals surface area contributed by atoms with Gasteiger partial charge in [0.1, 0.15) is 0 Å². The first-order valence-electron chi connectivity index (χ1n) is 6.76. The lowest BCUT2D eigenvalue weighted by atomic mass is 10.1. The fraction of sp³-hybridized carbons (Fsp3) is 0.267. The fourth-order valence-corrected chi connectivity index (χ4v) is 2.13. The molecule has 0 aliphatic carbocycles. The van der Waals surface area contributed by atoms with Gasteiger partial charge in [-0.2, -0.15) is 9.61 Å². The summed E-state index contributed by atoms with van der Waals surface area (Å²) in [5, 5.41) is 12.9. The molecule has 1 aromatic carbocycles. The van der Waals surface area contributed by atoms with Crippen molar-refractivity contribution in [3.05, 3.63) is 47.8 Å². The number of benzene rings is 1. The molecule has 3 rings (SSSR count). The predicted octanol–water partition coefficient (Wildman–Crippen LogP) is 1.99. The smallest absolute Gasteiger partial charge is 0.177 e. The Hall–Kier alpha value is -2.27. The average molecular weight is 267 g/mol. The van der Waals surface area contributed by atoms with Gasteiger partial charge >= 0.3 is 0 Å². The molecule has 2 heterocycles. The van der Waals surface area contributed by atoms with Gasteiger partial charge in [0.25, 0.3) is 0 Å². The van der Waals surface area contributed by atoms with E-state index in [1.807, 2.05) is 16.6 Å². The van der Waals surface area contributed by atoms with Crippen LogP contribution in [0.4, 0.5) is 0 Å². The van der Waals surface area contributed by atoms with Crippen molar-refractivity contribution in [3.8, 4) is 11.3 Å². The molecule has 0 aliphatic rings. The topological polar surface area (TPSA) is 69.1 Å². The average Bonchev–Trinajstić information content (AvgIpc) is 2.88. The van der Waals surface area contributed by atoms with Crippen LogP contribution in [0.15, 0.2) is 36.4 Å². The summed E-state index contributed by atoms with van der Waals surface area (Å²) in [4.78, 5) is 0. The van der Waals surface area contributed by atoms with E-state index >= 15 is 0 Å². The van der Waals surface area contributed by atoms with Crippen LogP contribution in [0.2, 0.25) is 0 Å². The van der Waals surface area contributed by atoms with Crippen LogP contribution in [-0.4, -0.2) is 26.4 Å². The van der Waals surface area contributed by atoms with Crippen LogP contribution in [0.5, 0.6) is 0 Å². The molecule has 5 heteroatoms. The zero-order chi connectivity index (χ0) is 13.9. The molecular weight excluding hydrogens is 250 g/mol.